The van der Waals surface area contributed by atoms with E-state index in [-0.39, 0.29) is 0 Å². The van der Waals surface area contributed by atoms with Crippen molar-refractivity contribution in [1.29, 1.82) is 0 Å². The molecule has 0 aliphatic rings. The lowest BCUT2D eigenvalue weighted by Crippen LogP contribution is -2.20. The largest absolute Gasteiger partial charge is 0.482 e. The van der Waals surface area contributed by atoms with Crippen molar-refractivity contribution in [1.82, 2.24) is 4.98 Å². The van der Waals surface area contributed by atoms with Crippen molar-refractivity contribution < 1.29 is 17.9 Å². The summed E-state index contributed by atoms with van der Waals surface area (Å²) in [6.07, 6.45) is -3.60. The van der Waals surface area contributed by atoms with E-state index >= 15 is 0 Å². The molecule has 1 N–H and O–H groups in total. The van der Waals surface area contributed by atoms with Gasteiger partial charge in [-0.05, 0) is 0 Å². The Balaban J connectivity index is 3.41. The molecule has 0 amide bonds. The second-order valence-electron chi connectivity index (χ2n) is 2.25. The van der Waals surface area contributed by atoms with E-state index in [9.17, 15) is 18.0 Å². The summed E-state index contributed by atoms with van der Waals surface area (Å²) in [6.45, 7) is 0. The first-order valence-corrected chi connectivity index (χ1v) is 3.29. The summed E-state index contributed by atoms with van der Waals surface area (Å²) in [5, 5.41) is 0. The third-order valence-corrected chi connectivity index (χ3v) is 1.41. The number of halogens is 3. The summed E-state index contributed by atoms with van der Waals surface area (Å²) < 4.78 is 41.0. The van der Waals surface area contributed by atoms with Gasteiger partial charge in [-0.2, -0.15) is 13.2 Å². The Morgan fingerprint density at radius 1 is 1.46 bits per heavy atom. The van der Waals surface area contributed by atoms with Crippen LogP contribution in [0.15, 0.2) is 17.1 Å². The molecular weight excluding hydrogens is 187 g/mol. The van der Waals surface area contributed by atoms with Crippen LogP contribution in [0.1, 0.15) is 5.56 Å². The molecule has 13 heavy (non-hydrogen) atoms. The summed E-state index contributed by atoms with van der Waals surface area (Å²) in [6, 6.07) is 0.797. The van der Waals surface area contributed by atoms with Crippen molar-refractivity contribution in [2.24, 2.45) is 0 Å². The number of methoxy groups -OCH3 is 1. The third-order valence-electron chi connectivity index (χ3n) is 1.41. The zero-order chi connectivity index (χ0) is 10.1. The highest BCUT2D eigenvalue weighted by atomic mass is 19.4. The minimum atomic E-state index is -4.69. The number of aromatic nitrogens is 1. The lowest BCUT2D eigenvalue weighted by Gasteiger charge is -2.09. The van der Waals surface area contributed by atoms with Gasteiger partial charge in [0.2, 0.25) is 5.88 Å². The quantitative estimate of drug-likeness (QED) is 0.732. The zero-order valence-electron chi connectivity index (χ0n) is 6.61. The van der Waals surface area contributed by atoms with Gasteiger partial charge in [0.25, 0.3) is 0 Å². The third kappa shape index (κ3) is 1.82. The van der Waals surface area contributed by atoms with Crippen molar-refractivity contribution in [3.8, 4) is 5.88 Å². The molecule has 1 aromatic rings. The molecule has 0 aliphatic heterocycles. The molecule has 1 heterocycles. The number of hydrogen-bond acceptors (Lipinski definition) is 2. The van der Waals surface area contributed by atoms with Gasteiger partial charge in [0.05, 0.1) is 7.11 Å². The maximum Gasteiger partial charge on any atom is 0.425 e. The molecule has 0 fully saturated rings. The van der Waals surface area contributed by atoms with Crippen LogP contribution >= 0.6 is 0 Å². The van der Waals surface area contributed by atoms with E-state index in [1.807, 2.05) is 0 Å². The molecule has 1 aromatic heterocycles. The van der Waals surface area contributed by atoms with Gasteiger partial charge >= 0.3 is 6.18 Å². The smallest absolute Gasteiger partial charge is 0.425 e. The first-order valence-electron chi connectivity index (χ1n) is 3.29. The molecule has 0 aliphatic carbocycles. The molecule has 1 rings (SSSR count). The average molecular weight is 193 g/mol. The number of pyridine rings is 1. The van der Waals surface area contributed by atoms with Crippen molar-refractivity contribution in [3.63, 3.8) is 0 Å². The summed E-state index contributed by atoms with van der Waals surface area (Å²) in [4.78, 5) is 13.0. The second kappa shape index (κ2) is 3.12. The predicted molar refractivity (Wildman–Crippen MR) is 38.6 cm³/mol. The van der Waals surface area contributed by atoms with Gasteiger partial charge in [0, 0.05) is 12.3 Å². The predicted octanol–water partition coefficient (Wildman–Crippen LogP) is 1.40. The summed E-state index contributed by atoms with van der Waals surface area (Å²) in [5.74, 6) is -0.569. The molecule has 72 valence electrons. The Kier molecular flexibility index (Phi) is 2.31. The van der Waals surface area contributed by atoms with Crippen LogP contribution in [0.5, 0.6) is 5.88 Å². The fourth-order valence-electron chi connectivity index (χ4n) is 0.890. The van der Waals surface area contributed by atoms with Gasteiger partial charge in [-0.3, -0.25) is 4.79 Å². The Hall–Kier alpha value is -1.46. The SMILES string of the molecule is COc1[nH]ccc(=O)c1C(F)(F)F. The molecular formula is C7H6F3NO2. The highest BCUT2D eigenvalue weighted by Gasteiger charge is 2.37. The molecule has 0 unspecified atom stereocenters. The highest BCUT2D eigenvalue weighted by molar-refractivity contribution is 5.28. The van der Waals surface area contributed by atoms with Crippen LogP contribution in [0, 0.1) is 0 Å². The van der Waals surface area contributed by atoms with Gasteiger partial charge < -0.3 is 9.72 Å². The van der Waals surface area contributed by atoms with Crippen LogP contribution < -0.4 is 10.2 Å². The van der Waals surface area contributed by atoms with Crippen molar-refractivity contribution in [2.75, 3.05) is 7.11 Å². The van der Waals surface area contributed by atoms with Gasteiger partial charge in [-0.1, -0.05) is 0 Å². The number of H-pyrrole nitrogens is 1. The molecule has 0 atom stereocenters. The summed E-state index contributed by atoms with van der Waals surface area (Å²) in [7, 11) is 1.06. The molecule has 0 radical (unpaired) electrons. The van der Waals surface area contributed by atoms with E-state index in [2.05, 4.69) is 9.72 Å². The number of rotatable bonds is 1. The first-order chi connectivity index (χ1) is 5.96. The van der Waals surface area contributed by atoms with Gasteiger partial charge in [0.1, 0.15) is 0 Å². The van der Waals surface area contributed by atoms with Crippen LogP contribution in [0.4, 0.5) is 13.2 Å². The zero-order valence-corrected chi connectivity index (χ0v) is 6.61. The minimum Gasteiger partial charge on any atom is -0.482 e. The Labute approximate surface area is 71.2 Å². The fraction of sp³-hybridized carbons (Fsp3) is 0.286. The van der Waals surface area contributed by atoms with E-state index < -0.39 is 23.0 Å². The van der Waals surface area contributed by atoms with Crippen LogP contribution in [-0.2, 0) is 6.18 Å². The van der Waals surface area contributed by atoms with E-state index in [4.69, 9.17) is 0 Å². The minimum absolute atomic E-state index is 0.569. The van der Waals surface area contributed by atoms with E-state index in [0.717, 1.165) is 19.4 Å². The van der Waals surface area contributed by atoms with Crippen LogP contribution in [-0.4, -0.2) is 12.1 Å². The molecule has 3 nitrogen and oxygen atoms in total. The van der Waals surface area contributed by atoms with Crippen LogP contribution in [0.25, 0.3) is 0 Å². The first kappa shape index (κ1) is 9.63. The number of aromatic amines is 1. The Morgan fingerprint density at radius 3 is 2.46 bits per heavy atom. The molecule has 0 saturated heterocycles. The Bertz CT molecular complexity index is 355. The lowest BCUT2D eigenvalue weighted by molar-refractivity contribution is -0.139. The molecule has 0 aromatic carbocycles. The maximum atomic E-state index is 12.2. The highest BCUT2D eigenvalue weighted by Crippen LogP contribution is 2.31. The van der Waals surface area contributed by atoms with Crippen molar-refractivity contribution in [2.45, 2.75) is 6.18 Å². The fourth-order valence-corrected chi connectivity index (χ4v) is 0.890. The van der Waals surface area contributed by atoms with Gasteiger partial charge in [0.15, 0.2) is 11.0 Å². The maximum absolute atomic E-state index is 12.2. The topological polar surface area (TPSA) is 42.1 Å². The van der Waals surface area contributed by atoms with E-state index in [1.54, 1.807) is 0 Å². The molecule has 0 bridgehead atoms. The number of alkyl halides is 3. The van der Waals surface area contributed by atoms with Crippen molar-refractivity contribution in [3.05, 3.63) is 28.0 Å². The summed E-state index contributed by atoms with van der Waals surface area (Å²) in [5.41, 5.74) is -2.42. The van der Waals surface area contributed by atoms with Crippen molar-refractivity contribution >= 4 is 0 Å². The van der Waals surface area contributed by atoms with E-state index in [1.165, 1.54) is 0 Å². The molecule has 6 heteroatoms. The normalized spacial score (nSPS) is 11.4. The number of hydrogen-bond donors (Lipinski definition) is 1. The molecule has 0 spiro atoms. The lowest BCUT2D eigenvalue weighted by atomic mass is 10.2. The summed E-state index contributed by atoms with van der Waals surface area (Å²) >= 11 is 0. The number of ether oxygens (including phenoxy) is 1. The molecule has 0 saturated carbocycles. The standard InChI is InChI=1S/C7H6F3NO2/c1-13-6-5(7(8,9)10)4(12)2-3-11-6/h2-3H,1H3,(H,11,12). The van der Waals surface area contributed by atoms with E-state index in [0.29, 0.717) is 0 Å². The monoisotopic (exact) mass is 193 g/mol. The van der Waals surface area contributed by atoms with Gasteiger partial charge in [-0.25, -0.2) is 0 Å². The Morgan fingerprint density at radius 2 is 2.08 bits per heavy atom. The van der Waals surface area contributed by atoms with Crippen LogP contribution in [0.2, 0.25) is 0 Å². The van der Waals surface area contributed by atoms with Crippen LogP contribution in [0.3, 0.4) is 0 Å². The number of nitrogens with one attached hydrogen (secondary N) is 1. The second-order valence-corrected chi connectivity index (χ2v) is 2.25. The average Bonchev–Trinajstić information content (AvgIpc) is 2.01. The van der Waals surface area contributed by atoms with Gasteiger partial charge in [-0.15, -0.1) is 0 Å².